The monoisotopic (exact) mass is 295 g/mol. The van der Waals surface area contributed by atoms with Crippen LogP contribution in [0.25, 0.3) is 0 Å². The van der Waals surface area contributed by atoms with E-state index < -0.39 is 0 Å². The zero-order chi connectivity index (χ0) is 16.0. The lowest BCUT2D eigenvalue weighted by Gasteiger charge is -2.36. The van der Waals surface area contributed by atoms with Gasteiger partial charge in [0, 0.05) is 12.6 Å². The highest BCUT2D eigenvalue weighted by molar-refractivity contribution is 5.42. The average molecular weight is 295 g/mol. The van der Waals surface area contributed by atoms with Crippen molar-refractivity contribution in [1.29, 1.82) is 0 Å². The molecule has 0 heterocycles. The maximum absolute atomic E-state index is 9.64. The molecule has 1 aromatic carbocycles. The van der Waals surface area contributed by atoms with Crippen molar-refractivity contribution in [2.24, 2.45) is 5.41 Å². The molecule has 1 N–H and O–H groups in total. The van der Waals surface area contributed by atoms with Gasteiger partial charge in [-0.3, -0.25) is 4.90 Å². The minimum Gasteiger partial charge on any atom is -0.493 e. The molecule has 1 unspecified atom stereocenters. The first-order valence-corrected chi connectivity index (χ1v) is 7.44. The third-order valence-corrected chi connectivity index (χ3v) is 3.66. The van der Waals surface area contributed by atoms with Crippen molar-refractivity contribution in [3.05, 3.63) is 23.8 Å². The summed E-state index contributed by atoms with van der Waals surface area (Å²) in [7, 11) is 3.69. The van der Waals surface area contributed by atoms with Crippen LogP contribution in [-0.2, 0) is 6.54 Å². The summed E-state index contributed by atoms with van der Waals surface area (Å²) >= 11 is 0. The molecule has 1 aromatic rings. The molecule has 4 nitrogen and oxygen atoms in total. The van der Waals surface area contributed by atoms with Crippen molar-refractivity contribution in [2.75, 3.05) is 27.4 Å². The fourth-order valence-corrected chi connectivity index (χ4v) is 2.56. The van der Waals surface area contributed by atoms with Crippen LogP contribution in [0.3, 0.4) is 0 Å². The summed E-state index contributed by atoms with van der Waals surface area (Å²) in [5.41, 5.74) is 1.17. The Balaban J connectivity index is 2.87. The molecule has 0 spiro atoms. The van der Waals surface area contributed by atoms with Crippen LogP contribution in [0.5, 0.6) is 11.5 Å². The highest BCUT2D eigenvalue weighted by Gasteiger charge is 2.27. The number of hydrogen-bond acceptors (Lipinski definition) is 4. The van der Waals surface area contributed by atoms with Crippen LogP contribution in [0.15, 0.2) is 18.2 Å². The van der Waals surface area contributed by atoms with Crippen LogP contribution in [-0.4, -0.2) is 43.4 Å². The summed E-state index contributed by atoms with van der Waals surface area (Å²) in [5, 5.41) is 9.64. The first kappa shape index (κ1) is 17.8. The van der Waals surface area contributed by atoms with Gasteiger partial charge in [-0.1, -0.05) is 26.8 Å². The van der Waals surface area contributed by atoms with Crippen LogP contribution in [0, 0.1) is 5.41 Å². The number of ether oxygens (including phenoxy) is 2. The molecule has 0 aliphatic rings. The van der Waals surface area contributed by atoms with E-state index in [1.807, 2.05) is 32.2 Å². The standard InChI is InChI=1S/C17H29NO3/c1-7-21-14-9-8-13(10-15(14)20-6)11-18(5)16(12-19)17(2,3)4/h8-10,16,19H,7,11-12H2,1-6H3. The Hall–Kier alpha value is -1.26. The molecule has 0 radical (unpaired) electrons. The highest BCUT2D eigenvalue weighted by Crippen LogP contribution is 2.30. The van der Waals surface area contributed by atoms with Crippen LogP contribution in [0.2, 0.25) is 0 Å². The molecule has 21 heavy (non-hydrogen) atoms. The molecule has 0 saturated heterocycles. The fraction of sp³-hybridized carbons (Fsp3) is 0.647. The van der Waals surface area contributed by atoms with Gasteiger partial charge >= 0.3 is 0 Å². The zero-order valence-corrected chi connectivity index (χ0v) is 14.1. The maximum atomic E-state index is 9.64. The van der Waals surface area contributed by atoms with Crippen LogP contribution in [0.4, 0.5) is 0 Å². The van der Waals surface area contributed by atoms with Crippen molar-refractivity contribution in [3.63, 3.8) is 0 Å². The van der Waals surface area contributed by atoms with Gasteiger partial charge in [-0.15, -0.1) is 0 Å². The van der Waals surface area contributed by atoms with Crippen molar-refractivity contribution in [2.45, 2.75) is 40.3 Å². The second-order valence-corrected chi connectivity index (χ2v) is 6.40. The third-order valence-electron chi connectivity index (χ3n) is 3.66. The number of nitrogens with zero attached hydrogens (tertiary/aromatic N) is 1. The summed E-state index contributed by atoms with van der Waals surface area (Å²) in [5.74, 6) is 1.51. The summed E-state index contributed by atoms with van der Waals surface area (Å²) in [4.78, 5) is 2.18. The molecular weight excluding hydrogens is 266 g/mol. The Labute approximate surface area is 128 Å². The molecule has 0 saturated carbocycles. The van der Waals surface area contributed by atoms with E-state index in [1.165, 1.54) is 0 Å². The summed E-state index contributed by atoms with van der Waals surface area (Å²) in [6.07, 6.45) is 0. The summed E-state index contributed by atoms with van der Waals surface area (Å²) in [6.45, 7) is 9.90. The molecule has 0 aromatic heterocycles. The van der Waals surface area contributed by atoms with Gasteiger partial charge in [0.15, 0.2) is 11.5 Å². The van der Waals surface area contributed by atoms with E-state index in [0.717, 1.165) is 23.6 Å². The van der Waals surface area contributed by atoms with E-state index in [2.05, 4.69) is 25.7 Å². The van der Waals surface area contributed by atoms with Gasteiger partial charge in [0.05, 0.1) is 20.3 Å². The molecule has 0 aliphatic carbocycles. The second kappa shape index (κ2) is 7.66. The largest absolute Gasteiger partial charge is 0.493 e. The number of rotatable bonds is 7. The lowest BCUT2D eigenvalue weighted by Crippen LogP contribution is -2.43. The zero-order valence-electron chi connectivity index (χ0n) is 14.1. The quantitative estimate of drug-likeness (QED) is 0.840. The van der Waals surface area contributed by atoms with Gasteiger partial charge in [-0.2, -0.15) is 0 Å². The number of hydrogen-bond donors (Lipinski definition) is 1. The Morgan fingerprint density at radius 3 is 2.38 bits per heavy atom. The van der Waals surface area contributed by atoms with Crippen molar-refractivity contribution in [1.82, 2.24) is 4.90 Å². The molecule has 0 fully saturated rings. The molecule has 0 amide bonds. The lowest BCUT2D eigenvalue weighted by molar-refractivity contribution is 0.0614. The van der Waals surface area contributed by atoms with E-state index in [1.54, 1.807) is 7.11 Å². The lowest BCUT2D eigenvalue weighted by atomic mass is 9.86. The van der Waals surface area contributed by atoms with E-state index >= 15 is 0 Å². The number of benzene rings is 1. The normalized spacial score (nSPS) is 13.3. The average Bonchev–Trinajstić information content (AvgIpc) is 2.39. The minimum atomic E-state index is 0.0266. The Bertz CT molecular complexity index is 440. The van der Waals surface area contributed by atoms with Crippen LogP contribution < -0.4 is 9.47 Å². The molecule has 120 valence electrons. The van der Waals surface area contributed by atoms with Crippen molar-refractivity contribution < 1.29 is 14.6 Å². The second-order valence-electron chi connectivity index (χ2n) is 6.40. The number of likely N-dealkylation sites (N-methyl/N-ethyl adjacent to an activating group) is 1. The molecule has 0 aliphatic heterocycles. The number of methoxy groups -OCH3 is 1. The van der Waals surface area contributed by atoms with Crippen molar-refractivity contribution >= 4 is 0 Å². The SMILES string of the molecule is CCOc1ccc(CN(C)C(CO)C(C)(C)C)cc1OC. The first-order valence-electron chi connectivity index (χ1n) is 7.44. The van der Waals surface area contributed by atoms with Gasteiger partial charge in [0.25, 0.3) is 0 Å². The molecular formula is C17H29NO3. The van der Waals surface area contributed by atoms with Crippen molar-refractivity contribution in [3.8, 4) is 11.5 Å². The molecule has 0 bridgehead atoms. The van der Waals surface area contributed by atoms with E-state index in [-0.39, 0.29) is 18.1 Å². The van der Waals surface area contributed by atoms with E-state index in [0.29, 0.717) is 6.61 Å². The maximum Gasteiger partial charge on any atom is 0.161 e. The minimum absolute atomic E-state index is 0.0266. The predicted molar refractivity (Wildman–Crippen MR) is 86.0 cm³/mol. The Kier molecular flexibility index (Phi) is 6.49. The van der Waals surface area contributed by atoms with Gasteiger partial charge in [-0.25, -0.2) is 0 Å². The third kappa shape index (κ3) is 4.90. The van der Waals surface area contributed by atoms with Gasteiger partial charge in [0.2, 0.25) is 0 Å². The van der Waals surface area contributed by atoms with Crippen LogP contribution in [0.1, 0.15) is 33.3 Å². The summed E-state index contributed by atoms with van der Waals surface area (Å²) in [6, 6.07) is 6.09. The van der Waals surface area contributed by atoms with Gasteiger partial charge < -0.3 is 14.6 Å². The number of aliphatic hydroxyl groups is 1. The number of aliphatic hydroxyl groups excluding tert-OH is 1. The molecule has 1 rings (SSSR count). The predicted octanol–water partition coefficient (Wildman–Crippen LogP) is 2.93. The van der Waals surface area contributed by atoms with Gasteiger partial charge in [-0.05, 0) is 37.1 Å². The van der Waals surface area contributed by atoms with E-state index in [4.69, 9.17) is 9.47 Å². The van der Waals surface area contributed by atoms with Crippen LogP contribution >= 0.6 is 0 Å². The summed E-state index contributed by atoms with van der Waals surface area (Å²) < 4.78 is 10.9. The van der Waals surface area contributed by atoms with Gasteiger partial charge in [0.1, 0.15) is 0 Å². The molecule has 1 atom stereocenters. The molecule has 4 heteroatoms. The highest BCUT2D eigenvalue weighted by atomic mass is 16.5. The Morgan fingerprint density at radius 1 is 1.24 bits per heavy atom. The fourth-order valence-electron chi connectivity index (χ4n) is 2.56. The Morgan fingerprint density at radius 2 is 1.90 bits per heavy atom. The topological polar surface area (TPSA) is 41.9 Å². The van der Waals surface area contributed by atoms with E-state index in [9.17, 15) is 5.11 Å². The first-order chi connectivity index (χ1) is 9.83. The smallest absolute Gasteiger partial charge is 0.161 e.